The van der Waals surface area contributed by atoms with Crippen molar-refractivity contribution in [3.63, 3.8) is 0 Å². The van der Waals surface area contributed by atoms with Crippen LogP contribution in [-0.2, 0) is 11.2 Å². The zero-order chi connectivity index (χ0) is 18.9. The Labute approximate surface area is 165 Å². The third-order valence-corrected chi connectivity index (χ3v) is 6.22. The van der Waals surface area contributed by atoms with Gasteiger partial charge in [0.15, 0.2) is 18.0 Å². The molecule has 1 N–H and O–H groups in total. The molecule has 28 heavy (non-hydrogen) atoms. The molecular formula is C23H27N2O3+. The molecule has 2 atom stereocenters. The maximum atomic E-state index is 13.1. The molecule has 0 bridgehead atoms. The van der Waals surface area contributed by atoms with Gasteiger partial charge in [-0.15, -0.1) is 0 Å². The van der Waals surface area contributed by atoms with Crippen LogP contribution in [0.15, 0.2) is 42.5 Å². The van der Waals surface area contributed by atoms with E-state index in [1.807, 2.05) is 17.0 Å². The quantitative estimate of drug-likeness (QED) is 0.889. The minimum atomic E-state index is 0.237. The van der Waals surface area contributed by atoms with Crippen molar-refractivity contribution < 1.29 is 19.2 Å². The Bertz CT molecular complexity index is 882. The normalized spacial score (nSPS) is 23.4. The van der Waals surface area contributed by atoms with Crippen LogP contribution in [0.1, 0.15) is 36.4 Å². The Morgan fingerprint density at radius 2 is 1.93 bits per heavy atom. The number of hydrogen-bond acceptors (Lipinski definition) is 3. The zero-order valence-electron chi connectivity index (χ0n) is 16.2. The van der Waals surface area contributed by atoms with Crippen molar-refractivity contribution >= 4 is 11.6 Å². The molecule has 1 amide bonds. The lowest BCUT2D eigenvalue weighted by atomic mass is 10.0. The maximum Gasteiger partial charge on any atom is 0.282 e. The van der Waals surface area contributed by atoms with Crippen molar-refractivity contribution in [2.45, 2.75) is 31.7 Å². The van der Waals surface area contributed by atoms with Crippen LogP contribution in [0.2, 0.25) is 0 Å². The number of carbonyl (C=O) groups is 1. The average Bonchev–Trinajstić information content (AvgIpc) is 3.28. The number of nitrogens with zero attached hydrogens (tertiary/aromatic N) is 1. The van der Waals surface area contributed by atoms with Crippen molar-refractivity contribution in [2.24, 2.45) is 0 Å². The molecule has 5 rings (SSSR count). The van der Waals surface area contributed by atoms with Crippen molar-refractivity contribution in [1.82, 2.24) is 0 Å². The molecule has 1 saturated heterocycles. The molecule has 0 aromatic heterocycles. The lowest BCUT2D eigenvalue weighted by Gasteiger charge is -2.25. The van der Waals surface area contributed by atoms with Crippen LogP contribution in [-0.4, -0.2) is 38.8 Å². The van der Waals surface area contributed by atoms with Gasteiger partial charge in [0, 0.05) is 37.1 Å². The molecule has 2 aromatic rings. The first kappa shape index (κ1) is 17.6. The molecule has 1 fully saturated rings. The third kappa shape index (κ3) is 3.24. The molecule has 3 heterocycles. The van der Waals surface area contributed by atoms with E-state index in [4.69, 9.17) is 9.47 Å². The van der Waals surface area contributed by atoms with Crippen LogP contribution in [0.25, 0.3) is 0 Å². The Balaban J connectivity index is 1.32. The number of carbonyl (C=O) groups excluding carboxylic acids is 1. The first-order chi connectivity index (χ1) is 13.8. The lowest BCUT2D eigenvalue weighted by molar-refractivity contribution is -0.910. The Morgan fingerprint density at radius 1 is 1.07 bits per heavy atom. The second-order valence-electron chi connectivity index (χ2n) is 7.96. The van der Waals surface area contributed by atoms with Crippen molar-refractivity contribution in [2.75, 3.05) is 37.7 Å². The molecule has 0 aliphatic carbocycles. The number of rotatable bonds is 3. The monoisotopic (exact) mass is 379 g/mol. The van der Waals surface area contributed by atoms with E-state index in [-0.39, 0.29) is 5.91 Å². The highest BCUT2D eigenvalue weighted by atomic mass is 16.5. The summed E-state index contributed by atoms with van der Waals surface area (Å²) in [6, 6.07) is 14.9. The van der Waals surface area contributed by atoms with E-state index in [9.17, 15) is 4.79 Å². The van der Waals surface area contributed by atoms with Gasteiger partial charge in [0.2, 0.25) is 0 Å². The highest BCUT2D eigenvalue weighted by Gasteiger charge is 2.35. The van der Waals surface area contributed by atoms with Crippen LogP contribution in [0.4, 0.5) is 5.69 Å². The highest BCUT2D eigenvalue weighted by molar-refractivity contribution is 5.96. The van der Waals surface area contributed by atoms with Crippen LogP contribution in [0.3, 0.4) is 0 Å². The maximum absolute atomic E-state index is 13.1. The Kier molecular flexibility index (Phi) is 4.69. The number of fused-ring (bicyclic) bond motifs is 2. The first-order valence-corrected chi connectivity index (χ1v) is 10.4. The van der Waals surface area contributed by atoms with Gasteiger partial charge in [-0.3, -0.25) is 4.79 Å². The lowest BCUT2D eigenvalue weighted by Crippen LogP contribution is -3.11. The van der Waals surface area contributed by atoms with Gasteiger partial charge in [-0.2, -0.15) is 0 Å². The molecule has 5 heteroatoms. The summed E-state index contributed by atoms with van der Waals surface area (Å²) in [4.78, 5) is 16.4. The molecule has 3 aliphatic heterocycles. The smallest absolute Gasteiger partial charge is 0.282 e. The summed E-state index contributed by atoms with van der Waals surface area (Å²) in [5.74, 6) is 1.92. The number of hydrogen-bond donors (Lipinski definition) is 1. The van der Waals surface area contributed by atoms with Crippen molar-refractivity contribution in [3.05, 3.63) is 53.6 Å². The largest absolute Gasteiger partial charge is 0.490 e. The standard InChI is InChI=1S/C23H26N2O3/c26-23(25-12-10-17-5-1-2-6-20(17)25)16-24-11-3-7-19(24)18-8-9-21-22(15-18)28-14-4-13-27-21/h1-2,5-6,8-9,15,19H,3-4,7,10-14,16H2/p+1/t19-/m0/s1. The summed E-state index contributed by atoms with van der Waals surface area (Å²) in [5.41, 5.74) is 3.64. The molecule has 2 aromatic carbocycles. The van der Waals surface area contributed by atoms with E-state index in [2.05, 4.69) is 30.3 Å². The van der Waals surface area contributed by atoms with Gasteiger partial charge in [0.1, 0.15) is 6.04 Å². The molecular weight excluding hydrogens is 352 g/mol. The number of benzene rings is 2. The number of anilines is 1. The van der Waals surface area contributed by atoms with Crippen LogP contribution < -0.4 is 19.3 Å². The van der Waals surface area contributed by atoms with Gasteiger partial charge in [0.25, 0.3) is 5.91 Å². The summed E-state index contributed by atoms with van der Waals surface area (Å²) >= 11 is 0. The summed E-state index contributed by atoms with van der Waals surface area (Å²) < 4.78 is 11.6. The summed E-state index contributed by atoms with van der Waals surface area (Å²) in [7, 11) is 0. The Morgan fingerprint density at radius 3 is 2.86 bits per heavy atom. The fraction of sp³-hybridized carbons (Fsp3) is 0.435. The second-order valence-corrected chi connectivity index (χ2v) is 7.96. The van der Waals surface area contributed by atoms with Crippen LogP contribution >= 0.6 is 0 Å². The molecule has 0 radical (unpaired) electrons. The minimum absolute atomic E-state index is 0.237. The van der Waals surface area contributed by atoms with Gasteiger partial charge < -0.3 is 19.3 Å². The zero-order valence-corrected chi connectivity index (χ0v) is 16.2. The van der Waals surface area contributed by atoms with E-state index in [0.717, 1.165) is 56.0 Å². The number of likely N-dealkylation sites (tertiary alicyclic amines) is 1. The molecule has 1 unspecified atom stereocenters. The van der Waals surface area contributed by atoms with Gasteiger partial charge in [-0.1, -0.05) is 18.2 Å². The van der Waals surface area contributed by atoms with Gasteiger partial charge in [0.05, 0.1) is 19.8 Å². The topological polar surface area (TPSA) is 43.2 Å². The summed E-state index contributed by atoms with van der Waals surface area (Å²) in [5, 5.41) is 0. The predicted octanol–water partition coefficient (Wildman–Crippen LogP) is 2.16. The fourth-order valence-corrected chi connectivity index (χ4v) is 4.81. The Hall–Kier alpha value is -2.53. The van der Waals surface area contributed by atoms with E-state index in [1.165, 1.54) is 16.0 Å². The van der Waals surface area contributed by atoms with Gasteiger partial charge in [-0.05, 0) is 36.2 Å². The van der Waals surface area contributed by atoms with Crippen LogP contribution in [0.5, 0.6) is 11.5 Å². The number of amides is 1. The molecule has 146 valence electrons. The van der Waals surface area contributed by atoms with E-state index in [1.54, 1.807) is 0 Å². The minimum Gasteiger partial charge on any atom is -0.490 e. The molecule has 3 aliphatic rings. The van der Waals surface area contributed by atoms with Crippen molar-refractivity contribution in [1.29, 1.82) is 0 Å². The fourth-order valence-electron chi connectivity index (χ4n) is 4.81. The average molecular weight is 379 g/mol. The highest BCUT2D eigenvalue weighted by Crippen LogP contribution is 2.33. The SMILES string of the molecule is O=C(C[NH+]1CCC[C@H]1c1ccc2c(c1)OCCCO2)N1CCc2ccccc21. The molecule has 0 spiro atoms. The second kappa shape index (κ2) is 7.47. The van der Waals surface area contributed by atoms with E-state index >= 15 is 0 Å². The van der Waals surface area contributed by atoms with Gasteiger partial charge in [-0.25, -0.2) is 0 Å². The van der Waals surface area contributed by atoms with Crippen molar-refractivity contribution in [3.8, 4) is 11.5 Å². The number of para-hydroxylation sites is 1. The molecule has 5 nitrogen and oxygen atoms in total. The van der Waals surface area contributed by atoms with E-state index in [0.29, 0.717) is 25.8 Å². The predicted molar refractivity (Wildman–Crippen MR) is 107 cm³/mol. The molecule has 0 saturated carbocycles. The number of quaternary nitrogens is 1. The number of ether oxygens (including phenoxy) is 2. The van der Waals surface area contributed by atoms with E-state index < -0.39 is 0 Å². The first-order valence-electron chi connectivity index (χ1n) is 10.4. The van der Waals surface area contributed by atoms with Gasteiger partial charge >= 0.3 is 0 Å². The van der Waals surface area contributed by atoms with Crippen LogP contribution in [0, 0.1) is 0 Å². The summed E-state index contributed by atoms with van der Waals surface area (Å²) in [6.45, 7) is 3.80. The third-order valence-electron chi connectivity index (χ3n) is 6.22. The summed E-state index contributed by atoms with van der Waals surface area (Å²) in [6.07, 6.45) is 4.14. The number of nitrogens with one attached hydrogen (secondary N) is 1.